The zero-order chi connectivity index (χ0) is 21.8. The van der Waals surface area contributed by atoms with E-state index in [9.17, 15) is 0 Å². The van der Waals surface area contributed by atoms with Gasteiger partial charge in [0.15, 0.2) is 0 Å². The van der Waals surface area contributed by atoms with Crippen molar-refractivity contribution in [2.24, 2.45) is 0 Å². The first-order valence-corrected chi connectivity index (χ1v) is 20.7. The summed E-state index contributed by atoms with van der Waals surface area (Å²) in [5.74, 6) is 0. The van der Waals surface area contributed by atoms with E-state index in [2.05, 4.69) is 108 Å². The molecule has 0 amide bonds. The van der Waals surface area contributed by atoms with E-state index >= 15 is 0 Å². The molecule has 0 heterocycles. The van der Waals surface area contributed by atoms with Crippen molar-refractivity contribution in [2.45, 2.75) is 39.2 Å². The molecule has 0 radical (unpaired) electrons. The van der Waals surface area contributed by atoms with Gasteiger partial charge in [-0.15, -0.1) is 0 Å². The molecule has 0 bridgehead atoms. The average Bonchev–Trinajstić information content (AvgIpc) is 2.81. The van der Waals surface area contributed by atoms with Crippen molar-refractivity contribution in [2.75, 3.05) is 13.2 Å². The van der Waals surface area contributed by atoms with Crippen LogP contribution in [0.4, 0.5) is 0 Å². The number of nitrogens with zero attached hydrogens (tertiary/aromatic N) is 1. The molecule has 0 saturated carbocycles. The van der Waals surface area contributed by atoms with Crippen LogP contribution in [0.25, 0.3) is 0 Å². The zero-order valence-corrected chi connectivity index (χ0v) is 22.5. The Morgan fingerprint density at radius 2 is 0.871 bits per heavy atom. The van der Waals surface area contributed by atoms with Crippen LogP contribution in [0.1, 0.15) is 43.4 Å². The Balaban J connectivity index is 2.06. The van der Waals surface area contributed by atoms with Crippen LogP contribution in [0.5, 0.6) is 0 Å². The summed E-state index contributed by atoms with van der Waals surface area (Å²) in [6, 6.07) is 32.6. The summed E-state index contributed by atoms with van der Waals surface area (Å²) in [5.41, 5.74) is 4.13. The molecule has 4 heteroatoms. The van der Waals surface area contributed by atoms with E-state index in [1.807, 2.05) is 0 Å². The average molecular weight is 584 g/mol. The Hall–Kier alpha value is -1.59. The van der Waals surface area contributed by atoms with Crippen molar-refractivity contribution in [1.82, 2.24) is 3.21 Å². The van der Waals surface area contributed by atoms with Crippen molar-refractivity contribution >= 4 is 0 Å². The molecule has 0 fully saturated rings. The van der Waals surface area contributed by atoms with E-state index in [-0.39, 0.29) is 0 Å². The first-order chi connectivity index (χ1) is 15.3. The second-order valence-corrected chi connectivity index (χ2v) is 22.1. The van der Waals surface area contributed by atoms with Gasteiger partial charge < -0.3 is 0 Å². The monoisotopic (exact) mass is 585 g/mol. The van der Waals surface area contributed by atoms with Crippen molar-refractivity contribution in [3.8, 4) is 0 Å². The summed E-state index contributed by atoms with van der Waals surface area (Å²) < 4.78 is 5.20. The van der Waals surface area contributed by atoms with E-state index in [1.54, 1.807) is 0 Å². The van der Waals surface area contributed by atoms with Gasteiger partial charge in [-0.3, -0.25) is 0 Å². The van der Waals surface area contributed by atoms with E-state index in [0.29, 0.717) is 13.2 Å². The van der Waals surface area contributed by atoms with Gasteiger partial charge in [-0.2, -0.15) is 0 Å². The van der Waals surface area contributed by atoms with Crippen molar-refractivity contribution in [3.63, 3.8) is 0 Å². The van der Waals surface area contributed by atoms with E-state index in [4.69, 9.17) is 9.68 Å². The van der Waals surface area contributed by atoms with Crippen LogP contribution >= 0.6 is 0 Å². The fourth-order valence-electron chi connectivity index (χ4n) is 3.97. The third-order valence-corrected chi connectivity index (χ3v) is 20.5. The number of rotatable bonds is 13. The van der Waals surface area contributed by atoms with Crippen LogP contribution in [0, 0.1) is 0 Å². The molecule has 3 rings (SSSR count). The van der Waals surface area contributed by atoms with Gasteiger partial charge in [0.05, 0.1) is 0 Å². The molecule has 0 aromatic heterocycles. The van der Waals surface area contributed by atoms with Gasteiger partial charge in [-0.25, -0.2) is 0 Å². The Morgan fingerprint density at radius 1 is 0.548 bits per heavy atom. The molecule has 0 atom stereocenters. The minimum atomic E-state index is -3.50. The summed E-state index contributed by atoms with van der Waals surface area (Å²) in [4.78, 5) is 12.8. The molecule has 0 aliphatic rings. The Bertz CT molecular complexity index is 749. The van der Waals surface area contributed by atoms with Crippen LogP contribution in [-0.2, 0) is 42.5 Å². The van der Waals surface area contributed by atoms with Crippen LogP contribution in [0.2, 0.25) is 0 Å². The molecule has 164 valence electrons. The Morgan fingerprint density at radius 3 is 1.16 bits per heavy atom. The van der Waals surface area contributed by atoms with Crippen LogP contribution in [0.15, 0.2) is 91.0 Å². The van der Waals surface area contributed by atoms with E-state index in [1.165, 1.54) is 16.7 Å². The quantitative estimate of drug-likeness (QED) is 0.166. The maximum absolute atomic E-state index is 6.39. The Kier molecular flexibility index (Phi) is 10.1. The summed E-state index contributed by atoms with van der Waals surface area (Å²) in [7, 11) is 0. The van der Waals surface area contributed by atoms with E-state index < -0.39 is 20.3 Å². The molecule has 0 spiro atoms. The van der Waals surface area contributed by atoms with Gasteiger partial charge in [0.2, 0.25) is 0 Å². The fourth-order valence-corrected chi connectivity index (χ4v) is 20.1. The molecule has 0 unspecified atom stereocenters. The molecule has 3 aromatic rings. The fraction of sp³-hybridized carbons (Fsp3) is 0.333. The summed E-state index contributed by atoms with van der Waals surface area (Å²) in [5, 5.41) is 0. The second kappa shape index (κ2) is 13.1. The summed E-state index contributed by atoms with van der Waals surface area (Å²) in [6.07, 6.45) is 1.94. The number of benzene rings is 3. The summed E-state index contributed by atoms with van der Waals surface area (Å²) >= 11 is -3.50. The van der Waals surface area contributed by atoms with Crippen molar-refractivity contribution < 1.29 is 29.9 Å². The zero-order valence-electron chi connectivity index (χ0n) is 18.9. The molecule has 0 aliphatic heterocycles. The van der Waals surface area contributed by atoms with Gasteiger partial charge in [0.1, 0.15) is 0 Å². The normalized spacial score (nSPS) is 11.7. The predicted molar refractivity (Wildman–Crippen MR) is 125 cm³/mol. The predicted octanol–water partition coefficient (Wildman–Crippen LogP) is 6.64. The second-order valence-electron chi connectivity index (χ2n) is 8.14. The molecule has 0 aliphatic carbocycles. The molecule has 3 nitrogen and oxygen atoms in total. The van der Waals surface area contributed by atoms with Gasteiger partial charge in [0, 0.05) is 0 Å². The molecule has 31 heavy (non-hydrogen) atoms. The molecule has 3 aromatic carbocycles. The SMILES string of the molecule is CCCO[N](OCCC)[Hf]([CH2]c1ccccc1)([CH2]c1ccccc1)[CH2]c1ccccc1. The molecular formula is C27H35HfNO2. The third-order valence-electron chi connectivity index (χ3n) is 5.34. The van der Waals surface area contributed by atoms with Crippen LogP contribution in [0.3, 0.4) is 0 Å². The standard InChI is InChI=1S/3C7H7.C6H14NO2.Hf/c3*1-7-5-3-2-4-6-7;1-3-5-8-7-9-6-4-2;/h3*2-6H,1H2;3-6H2,1-2H3;/q;;;-1;+1. The van der Waals surface area contributed by atoms with Gasteiger partial charge in [-0.05, 0) is 0 Å². The van der Waals surface area contributed by atoms with Crippen molar-refractivity contribution in [3.05, 3.63) is 108 Å². The van der Waals surface area contributed by atoms with Crippen molar-refractivity contribution in [1.29, 1.82) is 0 Å². The molecular weight excluding hydrogens is 549 g/mol. The van der Waals surface area contributed by atoms with Gasteiger partial charge in [0.25, 0.3) is 0 Å². The van der Waals surface area contributed by atoms with Gasteiger partial charge >= 0.3 is 193 Å². The first kappa shape index (κ1) is 24.1. The van der Waals surface area contributed by atoms with Crippen LogP contribution in [-0.4, -0.2) is 16.4 Å². The number of hydrogen-bond donors (Lipinski definition) is 0. The Labute approximate surface area is 192 Å². The maximum atomic E-state index is 6.39. The molecule has 0 N–H and O–H groups in total. The summed E-state index contributed by atoms with van der Waals surface area (Å²) in [6.45, 7) is 5.68. The minimum absolute atomic E-state index is 0.684. The first-order valence-electron chi connectivity index (χ1n) is 11.4. The van der Waals surface area contributed by atoms with Gasteiger partial charge in [-0.1, -0.05) is 0 Å². The topological polar surface area (TPSA) is 21.7 Å². The number of hydrogen-bond acceptors (Lipinski definition) is 3. The molecule has 0 saturated heterocycles. The van der Waals surface area contributed by atoms with E-state index in [0.717, 1.165) is 25.4 Å². The van der Waals surface area contributed by atoms with Crippen LogP contribution < -0.4 is 0 Å². The third kappa shape index (κ3) is 7.50.